The maximum absolute atomic E-state index is 13.8. The lowest BCUT2D eigenvalue weighted by molar-refractivity contribution is -0.147. The van der Waals surface area contributed by atoms with Crippen molar-refractivity contribution in [2.45, 2.75) is 51.1 Å². The third-order valence-corrected chi connectivity index (χ3v) is 7.14. The summed E-state index contributed by atoms with van der Waals surface area (Å²) in [6, 6.07) is 11.2. The molecule has 3 heterocycles. The Morgan fingerprint density at radius 1 is 1.03 bits per heavy atom. The summed E-state index contributed by atoms with van der Waals surface area (Å²) in [5.41, 5.74) is 2.25. The van der Waals surface area contributed by atoms with E-state index in [1.165, 1.54) is 25.8 Å². The summed E-state index contributed by atoms with van der Waals surface area (Å²) in [4.78, 5) is 43.1. The van der Waals surface area contributed by atoms with Crippen molar-refractivity contribution in [3.8, 4) is 5.75 Å². The molecule has 4 rings (SSSR count). The Balaban J connectivity index is 1.55. The fraction of sp³-hybridized carbons (Fsp3) is 0.519. The zero-order valence-corrected chi connectivity index (χ0v) is 20.7. The molecule has 0 radical (unpaired) electrons. The van der Waals surface area contributed by atoms with Gasteiger partial charge in [-0.25, -0.2) is 4.79 Å². The number of rotatable bonds is 7. The summed E-state index contributed by atoms with van der Waals surface area (Å²) in [5, 5.41) is 0. The molecule has 1 unspecified atom stereocenters. The first-order valence-corrected chi connectivity index (χ1v) is 12.5. The molecule has 8 heteroatoms. The zero-order valence-electron chi connectivity index (χ0n) is 20.7. The van der Waals surface area contributed by atoms with E-state index in [2.05, 4.69) is 29.2 Å². The maximum atomic E-state index is 13.8. The fourth-order valence-electron chi connectivity index (χ4n) is 5.26. The van der Waals surface area contributed by atoms with Crippen molar-refractivity contribution in [1.82, 2.24) is 14.4 Å². The Bertz CT molecular complexity index is 1100. The van der Waals surface area contributed by atoms with Gasteiger partial charge in [0, 0.05) is 44.4 Å². The van der Waals surface area contributed by atoms with Crippen LogP contribution in [-0.4, -0.2) is 72.7 Å². The number of likely N-dealkylation sites (tertiary alicyclic amines) is 1. The van der Waals surface area contributed by atoms with Crippen LogP contribution in [0.1, 0.15) is 47.3 Å². The zero-order chi connectivity index (χ0) is 24.8. The minimum atomic E-state index is -0.612. The molecule has 0 saturated carbocycles. The molecule has 2 aromatic rings. The molecule has 35 heavy (non-hydrogen) atoms. The van der Waals surface area contributed by atoms with Crippen molar-refractivity contribution in [2.75, 3.05) is 40.4 Å². The van der Waals surface area contributed by atoms with Gasteiger partial charge in [0.05, 0.1) is 14.2 Å². The Labute approximate surface area is 206 Å². The lowest BCUT2D eigenvalue weighted by Gasteiger charge is -2.34. The molecule has 2 aliphatic heterocycles. The minimum absolute atomic E-state index is 0.164. The van der Waals surface area contributed by atoms with Gasteiger partial charge in [-0.2, -0.15) is 0 Å². The van der Waals surface area contributed by atoms with Crippen molar-refractivity contribution in [3.05, 3.63) is 63.6 Å². The van der Waals surface area contributed by atoms with E-state index in [0.29, 0.717) is 37.2 Å². The first-order valence-electron chi connectivity index (χ1n) is 12.5. The Kier molecular flexibility index (Phi) is 8.23. The van der Waals surface area contributed by atoms with E-state index in [-0.39, 0.29) is 17.2 Å². The first-order chi connectivity index (χ1) is 17.0. The number of benzene rings is 1. The number of amides is 1. The van der Waals surface area contributed by atoms with Crippen molar-refractivity contribution in [3.63, 3.8) is 0 Å². The Hall–Kier alpha value is -3.13. The number of hydrogen-bond acceptors (Lipinski definition) is 6. The fourth-order valence-corrected chi connectivity index (χ4v) is 5.26. The molecule has 0 spiro atoms. The number of ether oxygens (including phenoxy) is 2. The van der Waals surface area contributed by atoms with Crippen molar-refractivity contribution in [1.29, 1.82) is 0 Å². The molecule has 1 aromatic heterocycles. The van der Waals surface area contributed by atoms with Crippen LogP contribution in [-0.2, 0) is 28.9 Å². The van der Waals surface area contributed by atoms with Gasteiger partial charge in [0.15, 0.2) is 0 Å². The molecule has 0 N–H and O–H groups in total. The van der Waals surface area contributed by atoms with Gasteiger partial charge in [0.25, 0.3) is 11.5 Å². The van der Waals surface area contributed by atoms with E-state index >= 15 is 0 Å². The van der Waals surface area contributed by atoms with E-state index in [9.17, 15) is 14.4 Å². The standard InChI is InChI=1S/C27H35N3O5/c1-34-23-19-24(31)29-18-17-28(14-8-11-20-9-4-3-5-10-20)16-13-21(29)25(23)26(32)30-15-7-6-12-22(30)27(33)35-2/h3-5,9-10,19,22H,6-8,11-18H2,1-2H3. The summed E-state index contributed by atoms with van der Waals surface area (Å²) in [6.45, 7) is 3.42. The maximum Gasteiger partial charge on any atom is 0.328 e. The van der Waals surface area contributed by atoms with E-state index in [0.717, 1.165) is 45.3 Å². The second-order valence-corrected chi connectivity index (χ2v) is 9.24. The van der Waals surface area contributed by atoms with Gasteiger partial charge >= 0.3 is 5.97 Å². The van der Waals surface area contributed by atoms with Crippen molar-refractivity contribution >= 4 is 11.9 Å². The molecular weight excluding hydrogens is 446 g/mol. The molecule has 1 amide bonds. The quantitative estimate of drug-likeness (QED) is 0.566. The first kappa shape index (κ1) is 25.0. The molecule has 1 aromatic carbocycles. The topological polar surface area (TPSA) is 81.1 Å². The van der Waals surface area contributed by atoms with Crippen LogP contribution in [0.15, 0.2) is 41.2 Å². The van der Waals surface area contributed by atoms with E-state index < -0.39 is 12.0 Å². The van der Waals surface area contributed by atoms with Gasteiger partial charge in [0.2, 0.25) is 0 Å². The average molecular weight is 482 g/mol. The van der Waals surface area contributed by atoms with Crippen LogP contribution < -0.4 is 10.3 Å². The molecule has 188 valence electrons. The normalized spacial score (nSPS) is 18.5. The highest BCUT2D eigenvalue weighted by Crippen LogP contribution is 2.28. The molecule has 0 aliphatic carbocycles. The van der Waals surface area contributed by atoms with Crippen molar-refractivity contribution in [2.24, 2.45) is 0 Å². The number of aryl methyl sites for hydroxylation is 1. The SMILES string of the molecule is COC(=O)C1CCCCN1C(=O)c1c(OC)cc(=O)n2c1CCN(CCCc1ccccc1)CC2. The predicted molar refractivity (Wildman–Crippen MR) is 133 cm³/mol. The molecule has 1 atom stereocenters. The lowest BCUT2D eigenvalue weighted by atomic mass is 9.99. The van der Waals surface area contributed by atoms with Crippen LogP contribution in [0.4, 0.5) is 0 Å². The number of hydrogen-bond donors (Lipinski definition) is 0. The summed E-state index contributed by atoms with van der Waals surface area (Å²) >= 11 is 0. The van der Waals surface area contributed by atoms with Crippen LogP contribution in [0.5, 0.6) is 5.75 Å². The average Bonchev–Trinajstić information content (AvgIpc) is 3.11. The third kappa shape index (κ3) is 5.59. The summed E-state index contributed by atoms with van der Waals surface area (Å²) in [7, 11) is 2.82. The highest BCUT2D eigenvalue weighted by atomic mass is 16.5. The monoisotopic (exact) mass is 481 g/mol. The molecule has 2 aliphatic rings. The minimum Gasteiger partial charge on any atom is -0.496 e. The Morgan fingerprint density at radius 3 is 2.57 bits per heavy atom. The number of carbonyl (C=O) groups excluding carboxylic acids is 2. The van der Waals surface area contributed by atoms with E-state index in [4.69, 9.17) is 9.47 Å². The second-order valence-electron chi connectivity index (χ2n) is 9.24. The lowest BCUT2D eigenvalue weighted by Crippen LogP contribution is -2.49. The summed E-state index contributed by atoms with van der Waals surface area (Å²) in [5.74, 6) is -0.392. The molecule has 0 bridgehead atoms. The Morgan fingerprint density at radius 2 is 1.83 bits per heavy atom. The number of pyridine rings is 1. The van der Waals surface area contributed by atoms with Crippen molar-refractivity contribution < 1.29 is 19.1 Å². The highest BCUT2D eigenvalue weighted by molar-refractivity contribution is 6.00. The predicted octanol–water partition coefficient (Wildman–Crippen LogP) is 2.52. The van der Waals surface area contributed by atoms with Gasteiger partial charge in [-0.3, -0.25) is 9.59 Å². The van der Waals surface area contributed by atoms with Crippen LogP contribution in [0.3, 0.4) is 0 Å². The van der Waals surface area contributed by atoms with Gasteiger partial charge in [-0.1, -0.05) is 30.3 Å². The van der Waals surface area contributed by atoms with Gasteiger partial charge in [-0.15, -0.1) is 0 Å². The van der Waals surface area contributed by atoms with Gasteiger partial charge in [0.1, 0.15) is 17.4 Å². The summed E-state index contributed by atoms with van der Waals surface area (Å²) < 4.78 is 12.2. The number of nitrogens with zero attached hydrogens (tertiary/aromatic N) is 3. The van der Waals surface area contributed by atoms with Gasteiger partial charge < -0.3 is 23.8 Å². The number of methoxy groups -OCH3 is 2. The van der Waals surface area contributed by atoms with E-state index in [1.54, 1.807) is 9.47 Å². The number of carbonyl (C=O) groups is 2. The molecule has 1 saturated heterocycles. The van der Waals surface area contributed by atoms with Gasteiger partial charge in [-0.05, 0) is 44.2 Å². The number of piperidine rings is 1. The molecular formula is C27H35N3O5. The van der Waals surface area contributed by atoms with Crippen LogP contribution >= 0.6 is 0 Å². The highest BCUT2D eigenvalue weighted by Gasteiger charge is 2.36. The number of fused-ring (bicyclic) bond motifs is 1. The molecule has 8 nitrogen and oxygen atoms in total. The van der Waals surface area contributed by atoms with Crippen LogP contribution in [0.25, 0.3) is 0 Å². The van der Waals surface area contributed by atoms with Crippen LogP contribution in [0.2, 0.25) is 0 Å². The second kappa shape index (κ2) is 11.5. The largest absolute Gasteiger partial charge is 0.496 e. The van der Waals surface area contributed by atoms with E-state index in [1.807, 2.05) is 6.07 Å². The summed E-state index contributed by atoms with van der Waals surface area (Å²) in [6.07, 6.45) is 4.86. The number of esters is 1. The smallest absolute Gasteiger partial charge is 0.328 e. The molecule has 1 fully saturated rings. The van der Waals surface area contributed by atoms with Crippen LogP contribution in [0, 0.1) is 0 Å². The third-order valence-electron chi connectivity index (χ3n) is 7.14. The number of aromatic nitrogens is 1.